The maximum absolute atomic E-state index is 14.5. The summed E-state index contributed by atoms with van der Waals surface area (Å²) < 4.78 is 99.7. The number of hydrogen-bond donors (Lipinski definition) is 4. The van der Waals surface area contributed by atoms with E-state index in [1.807, 2.05) is 11.6 Å². The minimum atomic E-state index is -5.05. The van der Waals surface area contributed by atoms with Crippen molar-refractivity contribution in [1.82, 2.24) is 30.2 Å². The van der Waals surface area contributed by atoms with Crippen LogP contribution in [0.15, 0.2) is 30.4 Å². The van der Waals surface area contributed by atoms with E-state index < -0.39 is 112 Å². The average molecular weight is 829 g/mol. The number of benzene rings is 1. The van der Waals surface area contributed by atoms with Crippen LogP contribution in [-0.2, 0) is 35.3 Å². The second-order valence-electron chi connectivity index (χ2n) is 15.2. The molecule has 312 valence electrons. The molecule has 6 rings (SSSR count). The van der Waals surface area contributed by atoms with Crippen molar-refractivity contribution in [2.75, 3.05) is 34.0 Å². The Bertz CT molecular complexity index is 2050. The third-order valence-corrected chi connectivity index (χ3v) is 13.3. The molecule has 2 aliphatic heterocycles. The number of carbonyl (C=O) groups is 4. The molecule has 2 aromatic rings. The Kier molecular flexibility index (Phi) is 11.6. The van der Waals surface area contributed by atoms with Crippen molar-refractivity contribution >= 4 is 44.9 Å². The first-order chi connectivity index (χ1) is 26.9. The van der Waals surface area contributed by atoms with E-state index in [2.05, 4.69) is 20.6 Å². The number of carboxylic acid groups (broad SMARTS) is 1. The fraction of sp³-hybridized carbons (Fsp3) is 0.611. The number of ether oxygens (including phenoxy) is 3. The second-order valence-corrected chi connectivity index (χ2v) is 17.3. The summed E-state index contributed by atoms with van der Waals surface area (Å²) in [6.07, 6.45) is -3.74. The SMILES string of the molecule is COC[C@@H]1C[C@@H](C)CCC=C[C@@H]2C[C@@]2(C(=O)NS(=O)(=O)C2(CF)CC2)NC(=O)[C@@H]2C[C@@H](Oc3nc4cc(OC)ccc4nc3C(F)(F)F)CN2C(=O)[C@H]1NC(=O)O. The molecule has 1 aromatic heterocycles. The van der Waals surface area contributed by atoms with Crippen molar-refractivity contribution in [3.8, 4) is 11.6 Å². The van der Waals surface area contributed by atoms with Crippen LogP contribution in [-0.4, -0.2) is 115 Å². The van der Waals surface area contributed by atoms with Crippen LogP contribution in [0.4, 0.5) is 22.4 Å². The van der Waals surface area contributed by atoms with Crippen molar-refractivity contribution in [1.29, 1.82) is 0 Å². The van der Waals surface area contributed by atoms with E-state index in [4.69, 9.17) is 14.2 Å². The molecule has 4 amide bonds. The summed E-state index contributed by atoms with van der Waals surface area (Å²) in [6.45, 7) is 0.0564. The van der Waals surface area contributed by atoms with E-state index in [-0.39, 0.29) is 55.0 Å². The van der Waals surface area contributed by atoms with Gasteiger partial charge in [-0.3, -0.25) is 19.1 Å². The summed E-state index contributed by atoms with van der Waals surface area (Å²) in [5.41, 5.74) is -3.47. The van der Waals surface area contributed by atoms with Crippen molar-refractivity contribution in [3.05, 3.63) is 36.0 Å². The molecule has 4 N–H and O–H groups in total. The Morgan fingerprint density at radius 2 is 1.86 bits per heavy atom. The third kappa shape index (κ3) is 8.58. The van der Waals surface area contributed by atoms with Crippen LogP contribution in [0.5, 0.6) is 11.6 Å². The van der Waals surface area contributed by atoms with Gasteiger partial charge in [0.15, 0.2) is 0 Å². The molecule has 0 unspecified atom stereocenters. The van der Waals surface area contributed by atoms with Crippen LogP contribution >= 0.6 is 0 Å². The highest BCUT2D eigenvalue weighted by atomic mass is 32.2. The predicted molar refractivity (Wildman–Crippen MR) is 192 cm³/mol. The largest absolute Gasteiger partial charge is 0.497 e. The topological polar surface area (TPSA) is 215 Å². The maximum Gasteiger partial charge on any atom is 0.438 e. The number of amides is 4. The second kappa shape index (κ2) is 15.9. The Balaban J connectivity index is 1.39. The van der Waals surface area contributed by atoms with Gasteiger partial charge < -0.3 is 34.9 Å². The number of fused-ring (bicyclic) bond motifs is 3. The quantitative estimate of drug-likeness (QED) is 0.201. The van der Waals surface area contributed by atoms with Gasteiger partial charge in [-0.2, -0.15) is 13.2 Å². The van der Waals surface area contributed by atoms with E-state index in [0.717, 1.165) is 4.90 Å². The molecule has 0 radical (unpaired) electrons. The molecule has 3 heterocycles. The van der Waals surface area contributed by atoms with Gasteiger partial charge in [0.25, 0.3) is 5.91 Å². The molecule has 21 heteroatoms. The van der Waals surface area contributed by atoms with Crippen LogP contribution in [0.2, 0.25) is 0 Å². The van der Waals surface area contributed by atoms with Crippen molar-refractivity contribution in [2.24, 2.45) is 17.8 Å². The van der Waals surface area contributed by atoms with Crippen LogP contribution in [0.3, 0.4) is 0 Å². The number of halogens is 4. The molecular formula is C36H44F4N6O10S. The molecule has 0 bridgehead atoms. The molecule has 57 heavy (non-hydrogen) atoms. The van der Waals surface area contributed by atoms with Gasteiger partial charge in [-0.15, -0.1) is 0 Å². The highest BCUT2D eigenvalue weighted by Crippen LogP contribution is 2.48. The molecule has 3 fully saturated rings. The van der Waals surface area contributed by atoms with Crippen LogP contribution < -0.4 is 24.8 Å². The number of hydrogen-bond acceptors (Lipinski definition) is 11. The molecule has 2 saturated carbocycles. The maximum atomic E-state index is 14.5. The molecule has 1 saturated heterocycles. The zero-order valence-electron chi connectivity index (χ0n) is 31.3. The summed E-state index contributed by atoms with van der Waals surface area (Å²) in [5, 5.41) is 14.7. The summed E-state index contributed by atoms with van der Waals surface area (Å²) in [4.78, 5) is 63.6. The highest BCUT2D eigenvalue weighted by Gasteiger charge is 2.64. The van der Waals surface area contributed by atoms with E-state index in [1.165, 1.54) is 32.4 Å². The average Bonchev–Trinajstić information content (AvgIpc) is 4.05. The smallest absolute Gasteiger partial charge is 0.438 e. The van der Waals surface area contributed by atoms with Gasteiger partial charge >= 0.3 is 12.3 Å². The lowest BCUT2D eigenvalue weighted by Gasteiger charge is -2.33. The number of nitrogens with one attached hydrogen (secondary N) is 3. The minimum Gasteiger partial charge on any atom is -0.497 e. The normalized spacial score (nSPS) is 28.9. The first-order valence-corrected chi connectivity index (χ1v) is 19.8. The molecule has 16 nitrogen and oxygen atoms in total. The van der Waals surface area contributed by atoms with Crippen LogP contribution in [0.1, 0.15) is 57.6 Å². The fourth-order valence-corrected chi connectivity index (χ4v) is 9.07. The highest BCUT2D eigenvalue weighted by molar-refractivity contribution is 7.91. The van der Waals surface area contributed by atoms with Gasteiger partial charge in [0.2, 0.25) is 33.4 Å². The Hall–Kier alpha value is -4.79. The van der Waals surface area contributed by atoms with Gasteiger partial charge in [0, 0.05) is 31.4 Å². The molecule has 2 aliphatic carbocycles. The zero-order chi connectivity index (χ0) is 41.5. The van der Waals surface area contributed by atoms with Gasteiger partial charge in [0.05, 0.1) is 31.3 Å². The zero-order valence-corrected chi connectivity index (χ0v) is 32.1. The fourth-order valence-electron chi connectivity index (χ4n) is 7.65. The van der Waals surface area contributed by atoms with Gasteiger partial charge in [-0.05, 0) is 56.6 Å². The third-order valence-electron chi connectivity index (χ3n) is 11.1. The number of methoxy groups -OCH3 is 2. The standard InChI is InChI=1S/C36H44F4N6O10S/c1-19-6-4-5-7-21-15-35(21,32(49)45-57(52,53)34(18-37)10-11-34)44-29(47)26-14-23(16-46(26)31(48)27(43-33(50)51)20(12-19)17-54-2)56-30-28(36(38,39)40)41-24-9-8-22(55-3)13-25(24)42-30/h5,7-9,13,19-21,23,26-27,43H,4,6,10-12,14-18H2,1-3H3,(H,44,47)(H,45,49)(H,50,51)/t19-,20-,21+,23+,26-,27-,35+/m0/s1. The van der Waals surface area contributed by atoms with Gasteiger partial charge in [-0.25, -0.2) is 27.6 Å². The monoisotopic (exact) mass is 828 g/mol. The first kappa shape index (κ1) is 41.8. The summed E-state index contributed by atoms with van der Waals surface area (Å²) in [7, 11) is -1.79. The molecule has 1 aromatic carbocycles. The summed E-state index contributed by atoms with van der Waals surface area (Å²) >= 11 is 0. The molecule has 7 atom stereocenters. The predicted octanol–water partition coefficient (Wildman–Crippen LogP) is 3.10. The lowest BCUT2D eigenvalue weighted by Crippen LogP contribution is -2.60. The number of aromatic nitrogens is 2. The van der Waals surface area contributed by atoms with Crippen molar-refractivity contribution in [2.45, 2.75) is 86.5 Å². The number of alkyl halides is 4. The number of nitrogens with zero attached hydrogens (tertiary/aromatic N) is 3. The van der Waals surface area contributed by atoms with E-state index in [1.54, 1.807) is 12.2 Å². The van der Waals surface area contributed by atoms with E-state index in [0.29, 0.717) is 12.8 Å². The van der Waals surface area contributed by atoms with Crippen LogP contribution in [0, 0.1) is 17.8 Å². The lowest BCUT2D eigenvalue weighted by molar-refractivity contribution is -0.143. The Morgan fingerprint density at radius 1 is 1.12 bits per heavy atom. The summed E-state index contributed by atoms with van der Waals surface area (Å²) in [5.74, 6) is -5.28. The van der Waals surface area contributed by atoms with E-state index >= 15 is 0 Å². The number of carbonyl (C=O) groups excluding carboxylic acids is 3. The summed E-state index contributed by atoms with van der Waals surface area (Å²) in [6, 6.07) is 0.957. The van der Waals surface area contributed by atoms with Crippen LogP contribution in [0.25, 0.3) is 11.0 Å². The molecular weight excluding hydrogens is 784 g/mol. The molecule has 4 aliphatic rings. The number of allylic oxidation sites excluding steroid dienone is 1. The van der Waals surface area contributed by atoms with Crippen molar-refractivity contribution in [3.63, 3.8) is 0 Å². The Morgan fingerprint density at radius 3 is 2.49 bits per heavy atom. The number of sulfonamides is 1. The van der Waals surface area contributed by atoms with Gasteiger partial charge in [-0.1, -0.05) is 19.1 Å². The molecule has 0 spiro atoms. The minimum absolute atomic E-state index is 0.00564. The van der Waals surface area contributed by atoms with Crippen molar-refractivity contribution < 1.29 is 64.5 Å². The van der Waals surface area contributed by atoms with Gasteiger partial charge in [0.1, 0.15) is 40.9 Å². The van der Waals surface area contributed by atoms with E-state index in [9.17, 15) is 50.3 Å². The number of rotatable bonds is 10. The Labute approximate surface area is 325 Å². The first-order valence-electron chi connectivity index (χ1n) is 18.4. The lowest BCUT2D eigenvalue weighted by atomic mass is 9.87.